The zero-order valence-electron chi connectivity index (χ0n) is 10.8. The number of benzene rings is 2. The summed E-state index contributed by atoms with van der Waals surface area (Å²) in [4.78, 5) is 12.0. The van der Waals surface area contributed by atoms with Crippen molar-refractivity contribution in [3.8, 4) is 5.75 Å². The Kier molecular flexibility index (Phi) is 4.34. The number of carbonyl (C=O) groups excluding carboxylic acids is 1. The standard InChI is InChI=1S/C16H12ClNO2.CH4/c1-20-12-4-2-3-10(7-12)8-14-13-6-5-11(17)9-15(13)18-16(14)19;/h2-9H,1H3,(H,18,19);1H4. The van der Waals surface area contributed by atoms with Gasteiger partial charge in [0.25, 0.3) is 5.91 Å². The summed E-state index contributed by atoms with van der Waals surface area (Å²) in [5.41, 5.74) is 3.15. The first-order valence-corrected chi connectivity index (χ1v) is 6.52. The fraction of sp³-hybridized carbons (Fsp3) is 0.118. The van der Waals surface area contributed by atoms with Crippen molar-refractivity contribution in [2.75, 3.05) is 12.4 Å². The maximum atomic E-state index is 12.0. The second-order valence-electron chi connectivity index (χ2n) is 4.48. The Balaban J connectivity index is 0.00000161. The molecule has 1 heterocycles. The van der Waals surface area contributed by atoms with Crippen LogP contribution in [-0.4, -0.2) is 13.0 Å². The van der Waals surface area contributed by atoms with Crippen molar-refractivity contribution >= 4 is 34.8 Å². The highest BCUT2D eigenvalue weighted by Gasteiger charge is 2.23. The highest BCUT2D eigenvalue weighted by molar-refractivity contribution is 6.36. The van der Waals surface area contributed by atoms with E-state index in [0.29, 0.717) is 10.6 Å². The number of methoxy groups -OCH3 is 1. The van der Waals surface area contributed by atoms with E-state index in [4.69, 9.17) is 16.3 Å². The Bertz CT molecular complexity index is 722. The molecule has 21 heavy (non-hydrogen) atoms. The van der Waals surface area contributed by atoms with Gasteiger partial charge in [-0.25, -0.2) is 0 Å². The van der Waals surface area contributed by atoms with E-state index in [2.05, 4.69) is 5.32 Å². The predicted molar refractivity (Wildman–Crippen MR) is 87.7 cm³/mol. The van der Waals surface area contributed by atoms with Crippen LogP contribution in [0.25, 0.3) is 11.6 Å². The number of hydrogen-bond acceptors (Lipinski definition) is 2. The van der Waals surface area contributed by atoms with Crippen molar-refractivity contribution in [3.63, 3.8) is 0 Å². The van der Waals surface area contributed by atoms with Crippen LogP contribution in [-0.2, 0) is 4.79 Å². The Hall–Kier alpha value is -2.26. The van der Waals surface area contributed by atoms with Crippen LogP contribution in [0, 0.1) is 0 Å². The summed E-state index contributed by atoms with van der Waals surface area (Å²) in [5, 5.41) is 3.42. The third-order valence-electron chi connectivity index (χ3n) is 3.17. The number of carbonyl (C=O) groups is 1. The van der Waals surface area contributed by atoms with Crippen molar-refractivity contribution in [3.05, 3.63) is 58.6 Å². The Labute approximate surface area is 129 Å². The highest BCUT2D eigenvalue weighted by atomic mass is 35.5. The summed E-state index contributed by atoms with van der Waals surface area (Å²) >= 11 is 5.93. The smallest absolute Gasteiger partial charge is 0.256 e. The summed E-state index contributed by atoms with van der Waals surface area (Å²) < 4.78 is 5.18. The van der Waals surface area contributed by atoms with E-state index in [1.165, 1.54) is 0 Å². The molecular formula is C17H16ClNO2. The van der Waals surface area contributed by atoms with E-state index in [1.54, 1.807) is 19.2 Å². The van der Waals surface area contributed by atoms with Crippen LogP contribution in [0.4, 0.5) is 5.69 Å². The van der Waals surface area contributed by atoms with Crippen molar-refractivity contribution in [1.29, 1.82) is 0 Å². The average Bonchev–Trinajstić information content (AvgIpc) is 2.74. The van der Waals surface area contributed by atoms with Crippen LogP contribution >= 0.6 is 11.6 Å². The second-order valence-corrected chi connectivity index (χ2v) is 4.92. The van der Waals surface area contributed by atoms with Crippen LogP contribution in [0.1, 0.15) is 18.6 Å². The molecule has 0 aromatic heterocycles. The largest absolute Gasteiger partial charge is 0.497 e. The van der Waals surface area contributed by atoms with Crippen molar-refractivity contribution in [1.82, 2.24) is 0 Å². The number of amides is 1. The van der Waals surface area contributed by atoms with Gasteiger partial charge in [-0.2, -0.15) is 0 Å². The molecule has 1 aliphatic heterocycles. The van der Waals surface area contributed by atoms with E-state index >= 15 is 0 Å². The molecule has 108 valence electrons. The van der Waals surface area contributed by atoms with Gasteiger partial charge in [-0.3, -0.25) is 4.79 Å². The number of anilines is 1. The van der Waals surface area contributed by atoms with Crippen molar-refractivity contribution in [2.45, 2.75) is 7.43 Å². The molecule has 4 heteroatoms. The zero-order chi connectivity index (χ0) is 14.1. The summed E-state index contributed by atoms with van der Waals surface area (Å²) in [6, 6.07) is 12.9. The Morgan fingerprint density at radius 3 is 2.76 bits per heavy atom. The summed E-state index contributed by atoms with van der Waals surface area (Å²) in [7, 11) is 1.62. The first kappa shape index (κ1) is 15.1. The van der Waals surface area contributed by atoms with Gasteiger partial charge in [-0.1, -0.05) is 37.2 Å². The van der Waals surface area contributed by atoms with E-state index in [-0.39, 0.29) is 13.3 Å². The minimum absolute atomic E-state index is 0. The van der Waals surface area contributed by atoms with Gasteiger partial charge in [-0.05, 0) is 35.9 Å². The molecule has 2 aromatic carbocycles. The number of hydrogen-bond donors (Lipinski definition) is 1. The van der Waals surface area contributed by atoms with Gasteiger partial charge in [-0.15, -0.1) is 0 Å². The quantitative estimate of drug-likeness (QED) is 0.831. The number of nitrogens with one attached hydrogen (secondary N) is 1. The molecule has 0 bridgehead atoms. The third-order valence-corrected chi connectivity index (χ3v) is 3.40. The third kappa shape index (κ3) is 2.93. The molecule has 0 saturated carbocycles. The van der Waals surface area contributed by atoms with Gasteiger partial charge < -0.3 is 10.1 Å². The molecule has 1 amide bonds. The lowest BCUT2D eigenvalue weighted by Crippen LogP contribution is -2.03. The van der Waals surface area contributed by atoms with Gasteiger partial charge >= 0.3 is 0 Å². The average molecular weight is 302 g/mol. The zero-order valence-corrected chi connectivity index (χ0v) is 11.6. The van der Waals surface area contributed by atoms with Crippen LogP contribution in [0.3, 0.4) is 0 Å². The van der Waals surface area contributed by atoms with Gasteiger partial charge in [0.15, 0.2) is 0 Å². The Morgan fingerprint density at radius 2 is 2.00 bits per heavy atom. The minimum Gasteiger partial charge on any atom is -0.497 e. The van der Waals surface area contributed by atoms with Crippen LogP contribution in [0.15, 0.2) is 42.5 Å². The molecule has 3 rings (SSSR count). The SMILES string of the molecule is C.COc1cccc(C=C2C(=O)Nc3cc(Cl)ccc32)c1. The molecule has 0 fully saturated rings. The normalized spacial score (nSPS) is 14.4. The van der Waals surface area contributed by atoms with Crippen LogP contribution in [0.5, 0.6) is 5.75 Å². The fourth-order valence-corrected chi connectivity index (χ4v) is 2.38. The molecule has 2 aromatic rings. The number of halogens is 1. The topological polar surface area (TPSA) is 38.3 Å². The lowest BCUT2D eigenvalue weighted by Gasteiger charge is -2.02. The van der Waals surface area contributed by atoms with Gasteiger partial charge in [0.1, 0.15) is 5.75 Å². The maximum absolute atomic E-state index is 12.0. The summed E-state index contributed by atoms with van der Waals surface area (Å²) in [5.74, 6) is 0.638. The number of fused-ring (bicyclic) bond motifs is 1. The van der Waals surface area contributed by atoms with Gasteiger partial charge in [0.2, 0.25) is 0 Å². The van der Waals surface area contributed by atoms with E-state index < -0.39 is 0 Å². The molecule has 0 spiro atoms. The molecule has 0 unspecified atom stereocenters. The molecule has 0 aliphatic carbocycles. The first-order valence-electron chi connectivity index (χ1n) is 6.14. The van der Waals surface area contributed by atoms with Crippen LogP contribution in [0.2, 0.25) is 5.02 Å². The summed E-state index contributed by atoms with van der Waals surface area (Å²) in [6.45, 7) is 0. The minimum atomic E-state index is -0.120. The van der Waals surface area contributed by atoms with Crippen molar-refractivity contribution < 1.29 is 9.53 Å². The molecule has 0 saturated heterocycles. The lowest BCUT2D eigenvalue weighted by molar-refractivity contribution is -0.110. The molecule has 1 aliphatic rings. The molecule has 3 nitrogen and oxygen atoms in total. The van der Waals surface area contributed by atoms with Crippen molar-refractivity contribution in [2.24, 2.45) is 0 Å². The second kappa shape index (κ2) is 6.02. The molecular weight excluding hydrogens is 286 g/mol. The van der Waals surface area contributed by atoms with Crippen LogP contribution < -0.4 is 10.1 Å². The number of ether oxygens (including phenoxy) is 1. The van der Waals surface area contributed by atoms with E-state index in [0.717, 1.165) is 22.6 Å². The summed E-state index contributed by atoms with van der Waals surface area (Å²) in [6.07, 6.45) is 1.84. The van der Waals surface area contributed by atoms with E-state index in [9.17, 15) is 4.79 Å². The predicted octanol–water partition coefficient (Wildman–Crippen LogP) is 4.48. The molecule has 1 N–H and O–H groups in total. The van der Waals surface area contributed by atoms with Gasteiger partial charge in [0, 0.05) is 16.2 Å². The maximum Gasteiger partial charge on any atom is 0.256 e. The number of rotatable bonds is 2. The molecule has 0 atom stereocenters. The Morgan fingerprint density at radius 1 is 1.19 bits per heavy atom. The van der Waals surface area contributed by atoms with E-state index in [1.807, 2.05) is 36.4 Å². The van der Waals surface area contributed by atoms with Gasteiger partial charge in [0.05, 0.1) is 12.8 Å². The fourth-order valence-electron chi connectivity index (χ4n) is 2.21. The first-order chi connectivity index (χ1) is 9.67. The lowest BCUT2D eigenvalue weighted by atomic mass is 10.0. The highest BCUT2D eigenvalue weighted by Crippen LogP contribution is 2.35. The monoisotopic (exact) mass is 301 g/mol. The molecule has 0 radical (unpaired) electrons.